The molecule has 0 bridgehead atoms. The molecule has 0 aromatic carbocycles. The number of rotatable bonds is 5. The molecule has 0 aliphatic carbocycles. The molecular formula is C13H26ClN3O2. The zero-order valence-electron chi connectivity index (χ0n) is 12.0. The smallest absolute Gasteiger partial charge is 0.241 e. The van der Waals surface area contributed by atoms with Crippen molar-refractivity contribution in [3.8, 4) is 0 Å². The second-order valence-electron chi connectivity index (χ2n) is 4.90. The maximum absolute atomic E-state index is 12.0. The van der Waals surface area contributed by atoms with Crippen molar-refractivity contribution in [1.82, 2.24) is 15.1 Å². The van der Waals surface area contributed by atoms with Gasteiger partial charge >= 0.3 is 0 Å². The molecule has 0 radical (unpaired) electrons. The third-order valence-corrected chi connectivity index (χ3v) is 3.37. The lowest BCUT2D eigenvalue weighted by Crippen LogP contribution is -2.43. The van der Waals surface area contributed by atoms with E-state index < -0.39 is 0 Å². The number of halogens is 1. The lowest BCUT2D eigenvalue weighted by Gasteiger charge is -2.26. The lowest BCUT2D eigenvalue weighted by atomic mass is 10.1. The zero-order valence-corrected chi connectivity index (χ0v) is 12.8. The number of likely N-dealkylation sites (tertiary alicyclic amines) is 1. The van der Waals surface area contributed by atoms with E-state index in [9.17, 15) is 9.59 Å². The molecule has 1 N–H and O–H groups in total. The molecule has 0 saturated carbocycles. The third-order valence-electron chi connectivity index (χ3n) is 3.37. The Morgan fingerprint density at radius 1 is 1.32 bits per heavy atom. The molecule has 2 amide bonds. The van der Waals surface area contributed by atoms with Crippen LogP contribution >= 0.6 is 12.4 Å². The van der Waals surface area contributed by atoms with Gasteiger partial charge in [-0.15, -0.1) is 12.4 Å². The van der Waals surface area contributed by atoms with Crippen LogP contribution < -0.4 is 5.32 Å². The van der Waals surface area contributed by atoms with Gasteiger partial charge in [-0.05, 0) is 19.9 Å². The van der Waals surface area contributed by atoms with E-state index in [-0.39, 0.29) is 30.8 Å². The second kappa shape index (κ2) is 10.0. The van der Waals surface area contributed by atoms with Gasteiger partial charge in [0.25, 0.3) is 0 Å². The molecule has 1 saturated heterocycles. The summed E-state index contributed by atoms with van der Waals surface area (Å²) in [6.45, 7) is 2.41. The number of hydrogen-bond donors (Lipinski definition) is 1. The van der Waals surface area contributed by atoms with Crippen molar-refractivity contribution >= 4 is 24.2 Å². The minimum atomic E-state index is 0. The van der Waals surface area contributed by atoms with Crippen LogP contribution in [0.3, 0.4) is 0 Å². The number of amides is 2. The molecule has 1 rings (SSSR count). The van der Waals surface area contributed by atoms with Crippen LogP contribution in [0.5, 0.6) is 0 Å². The first-order valence-electron chi connectivity index (χ1n) is 6.81. The van der Waals surface area contributed by atoms with Crippen LogP contribution in [0, 0.1) is 0 Å². The molecule has 1 fully saturated rings. The van der Waals surface area contributed by atoms with Crippen molar-refractivity contribution in [2.45, 2.75) is 32.1 Å². The van der Waals surface area contributed by atoms with Crippen LogP contribution in [0.25, 0.3) is 0 Å². The van der Waals surface area contributed by atoms with E-state index in [4.69, 9.17) is 0 Å². The highest BCUT2D eigenvalue weighted by Gasteiger charge is 2.19. The molecule has 1 aliphatic heterocycles. The van der Waals surface area contributed by atoms with Crippen LogP contribution in [0.2, 0.25) is 0 Å². The number of likely N-dealkylation sites (N-methyl/N-ethyl adjacent to an activating group) is 2. The molecule has 0 atom stereocenters. The molecular weight excluding hydrogens is 266 g/mol. The van der Waals surface area contributed by atoms with Gasteiger partial charge in [-0.3, -0.25) is 9.59 Å². The number of hydrogen-bond acceptors (Lipinski definition) is 3. The standard InChI is InChI=1S/C13H25N3O2.ClH/c1-14-8-10-15(2)13(18)11-16-9-6-4-3-5-7-12(16)17;/h14H,3-11H2,1-2H3;1H. The van der Waals surface area contributed by atoms with E-state index in [0.29, 0.717) is 13.0 Å². The van der Waals surface area contributed by atoms with Gasteiger partial charge in [0.05, 0.1) is 6.54 Å². The fourth-order valence-corrected chi connectivity index (χ4v) is 2.07. The molecule has 6 heteroatoms. The molecule has 0 aromatic heterocycles. The average Bonchev–Trinajstić information content (AvgIpc) is 2.35. The highest BCUT2D eigenvalue weighted by Crippen LogP contribution is 2.11. The van der Waals surface area contributed by atoms with Gasteiger partial charge in [0.1, 0.15) is 0 Å². The van der Waals surface area contributed by atoms with Crippen molar-refractivity contribution in [1.29, 1.82) is 0 Å². The summed E-state index contributed by atoms with van der Waals surface area (Å²) < 4.78 is 0. The summed E-state index contributed by atoms with van der Waals surface area (Å²) in [5.74, 6) is 0.157. The highest BCUT2D eigenvalue weighted by atomic mass is 35.5. The number of nitrogens with one attached hydrogen (secondary N) is 1. The Morgan fingerprint density at radius 2 is 2.00 bits per heavy atom. The molecule has 0 aromatic rings. The predicted molar refractivity (Wildman–Crippen MR) is 78.5 cm³/mol. The molecule has 1 heterocycles. The lowest BCUT2D eigenvalue weighted by molar-refractivity contribution is -0.140. The van der Waals surface area contributed by atoms with Gasteiger partial charge in [0.2, 0.25) is 11.8 Å². The fourth-order valence-electron chi connectivity index (χ4n) is 2.07. The molecule has 112 valence electrons. The molecule has 0 spiro atoms. The van der Waals surface area contributed by atoms with Crippen LogP contribution in [0.1, 0.15) is 32.1 Å². The Kier molecular flexibility index (Phi) is 9.61. The first-order valence-corrected chi connectivity index (χ1v) is 6.81. The Balaban J connectivity index is 0.00000324. The van der Waals surface area contributed by atoms with E-state index in [1.165, 1.54) is 0 Å². The Bertz CT molecular complexity index is 287. The predicted octanol–water partition coefficient (Wildman–Crippen LogP) is 0.879. The molecule has 19 heavy (non-hydrogen) atoms. The van der Waals surface area contributed by atoms with E-state index in [2.05, 4.69) is 5.32 Å². The summed E-state index contributed by atoms with van der Waals surface area (Å²) in [6.07, 6.45) is 4.86. The summed E-state index contributed by atoms with van der Waals surface area (Å²) in [7, 11) is 3.65. The van der Waals surface area contributed by atoms with Gasteiger partial charge < -0.3 is 15.1 Å². The minimum absolute atomic E-state index is 0. The fraction of sp³-hybridized carbons (Fsp3) is 0.846. The van der Waals surface area contributed by atoms with Crippen LogP contribution in [-0.2, 0) is 9.59 Å². The summed E-state index contributed by atoms with van der Waals surface area (Å²) in [5, 5.41) is 3.01. The van der Waals surface area contributed by atoms with Gasteiger partial charge in [-0.1, -0.05) is 12.8 Å². The van der Waals surface area contributed by atoms with E-state index in [1.54, 1.807) is 16.8 Å². The summed E-state index contributed by atoms with van der Waals surface area (Å²) in [6, 6.07) is 0. The SMILES string of the molecule is CNCCN(C)C(=O)CN1CCCCCCC1=O.Cl. The largest absolute Gasteiger partial charge is 0.343 e. The third kappa shape index (κ3) is 6.78. The van der Waals surface area contributed by atoms with Crippen molar-refractivity contribution in [2.24, 2.45) is 0 Å². The zero-order chi connectivity index (χ0) is 13.4. The molecule has 1 aliphatic rings. The summed E-state index contributed by atoms with van der Waals surface area (Å²) >= 11 is 0. The van der Waals surface area contributed by atoms with Crippen LogP contribution in [0.15, 0.2) is 0 Å². The van der Waals surface area contributed by atoms with E-state index in [0.717, 1.165) is 38.8 Å². The van der Waals surface area contributed by atoms with E-state index >= 15 is 0 Å². The topological polar surface area (TPSA) is 52.7 Å². The summed E-state index contributed by atoms with van der Waals surface area (Å²) in [5.41, 5.74) is 0. The van der Waals surface area contributed by atoms with Gasteiger partial charge in [0.15, 0.2) is 0 Å². The Hall–Kier alpha value is -0.810. The van der Waals surface area contributed by atoms with Gasteiger partial charge in [0, 0.05) is 33.1 Å². The Morgan fingerprint density at radius 3 is 2.68 bits per heavy atom. The van der Waals surface area contributed by atoms with Crippen molar-refractivity contribution in [3.05, 3.63) is 0 Å². The quantitative estimate of drug-likeness (QED) is 0.818. The van der Waals surface area contributed by atoms with Crippen LogP contribution in [0.4, 0.5) is 0 Å². The normalized spacial score (nSPS) is 16.3. The number of carbonyl (C=O) groups excluding carboxylic acids is 2. The van der Waals surface area contributed by atoms with Crippen molar-refractivity contribution in [2.75, 3.05) is 40.3 Å². The number of carbonyl (C=O) groups is 2. The van der Waals surface area contributed by atoms with Crippen molar-refractivity contribution < 1.29 is 9.59 Å². The first kappa shape index (κ1) is 18.2. The van der Waals surface area contributed by atoms with Crippen molar-refractivity contribution in [3.63, 3.8) is 0 Å². The van der Waals surface area contributed by atoms with E-state index in [1.807, 2.05) is 7.05 Å². The second-order valence-corrected chi connectivity index (χ2v) is 4.90. The van der Waals surface area contributed by atoms with Gasteiger partial charge in [-0.2, -0.15) is 0 Å². The molecule has 0 unspecified atom stereocenters. The highest BCUT2D eigenvalue weighted by molar-refractivity contribution is 5.85. The minimum Gasteiger partial charge on any atom is -0.343 e. The van der Waals surface area contributed by atoms with Gasteiger partial charge in [-0.25, -0.2) is 0 Å². The van der Waals surface area contributed by atoms with Crippen LogP contribution in [-0.4, -0.2) is 61.9 Å². The Labute approximate surface area is 122 Å². The maximum Gasteiger partial charge on any atom is 0.241 e. The maximum atomic E-state index is 12.0. The molecule has 5 nitrogen and oxygen atoms in total. The first-order chi connectivity index (χ1) is 8.65. The monoisotopic (exact) mass is 291 g/mol. The summed E-state index contributed by atoms with van der Waals surface area (Å²) in [4.78, 5) is 27.2. The average molecular weight is 292 g/mol. The number of nitrogens with zero attached hydrogens (tertiary/aromatic N) is 2.